The molecular weight excluding hydrogens is 344 g/mol. The van der Waals surface area contributed by atoms with E-state index in [1.807, 2.05) is 0 Å². The Hall–Kier alpha value is -1.25. The predicted octanol–water partition coefficient (Wildman–Crippen LogP) is 1.26. The maximum absolute atomic E-state index is 12.2. The van der Waals surface area contributed by atoms with Crippen molar-refractivity contribution in [2.24, 2.45) is 0 Å². The van der Waals surface area contributed by atoms with Crippen LogP contribution in [0.2, 0.25) is 0 Å². The summed E-state index contributed by atoms with van der Waals surface area (Å²) in [5.41, 5.74) is 1.75. The molecule has 1 amide bonds. The van der Waals surface area contributed by atoms with E-state index in [1.165, 1.54) is 0 Å². The number of imidazole rings is 1. The molecule has 106 valence electrons. The summed E-state index contributed by atoms with van der Waals surface area (Å²) in [7, 11) is 0. The average molecular weight is 357 g/mol. The first-order valence-corrected chi connectivity index (χ1v) is 8.12. The van der Waals surface area contributed by atoms with Crippen LogP contribution in [0, 0.1) is 0 Å². The number of thioether (sulfide) groups is 1. The van der Waals surface area contributed by atoms with Gasteiger partial charge in [-0.2, -0.15) is 11.8 Å². The second kappa shape index (κ2) is 5.63. The number of nitrogens with one attached hydrogen (secondary N) is 4. The monoisotopic (exact) mass is 356 g/mol. The Morgan fingerprint density at radius 1 is 1.35 bits per heavy atom. The second-order valence-corrected chi connectivity index (χ2v) is 6.53. The highest BCUT2D eigenvalue weighted by Gasteiger charge is 2.21. The molecule has 4 N–H and O–H groups in total. The fraction of sp³-hybridized carbons (Fsp3) is 0.333. The van der Waals surface area contributed by atoms with Gasteiger partial charge in [0.2, 0.25) is 5.91 Å². The van der Waals surface area contributed by atoms with E-state index in [-0.39, 0.29) is 17.6 Å². The van der Waals surface area contributed by atoms with Crippen LogP contribution >= 0.6 is 27.7 Å². The summed E-state index contributed by atoms with van der Waals surface area (Å²) in [4.78, 5) is 28.8. The molecule has 0 spiro atoms. The van der Waals surface area contributed by atoms with Crippen LogP contribution in [0.4, 0.5) is 5.69 Å². The van der Waals surface area contributed by atoms with Crippen molar-refractivity contribution in [3.05, 3.63) is 27.1 Å². The lowest BCUT2D eigenvalue weighted by molar-refractivity contribution is -0.117. The summed E-state index contributed by atoms with van der Waals surface area (Å²) >= 11 is 5.17. The van der Waals surface area contributed by atoms with Crippen LogP contribution in [0.15, 0.2) is 21.4 Å². The molecule has 1 fully saturated rings. The Morgan fingerprint density at radius 2 is 2.10 bits per heavy atom. The van der Waals surface area contributed by atoms with Gasteiger partial charge in [0.05, 0.1) is 22.8 Å². The lowest BCUT2D eigenvalue weighted by atomic mass is 10.2. The van der Waals surface area contributed by atoms with Crippen LogP contribution in [0.25, 0.3) is 11.0 Å². The number of rotatable bonds is 2. The fourth-order valence-corrected chi connectivity index (χ4v) is 3.48. The predicted molar refractivity (Wildman–Crippen MR) is 84.4 cm³/mol. The number of amides is 1. The highest BCUT2D eigenvalue weighted by molar-refractivity contribution is 9.10. The summed E-state index contributed by atoms with van der Waals surface area (Å²) in [6, 6.07) is 3.33. The number of hydrogen-bond acceptors (Lipinski definition) is 4. The van der Waals surface area contributed by atoms with Crippen molar-refractivity contribution in [1.82, 2.24) is 15.3 Å². The van der Waals surface area contributed by atoms with Gasteiger partial charge in [0.15, 0.2) is 0 Å². The number of halogens is 1. The Morgan fingerprint density at radius 3 is 2.80 bits per heavy atom. The molecule has 1 aromatic heterocycles. The Balaban J connectivity index is 1.84. The number of anilines is 1. The number of H-pyrrole nitrogens is 2. The molecule has 1 aliphatic rings. The lowest BCUT2D eigenvalue weighted by Gasteiger charge is -2.22. The molecule has 0 bridgehead atoms. The molecule has 1 aliphatic heterocycles. The summed E-state index contributed by atoms with van der Waals surface area (Å²) in [5, 5.41) is 6.07. The van der Waals surface area contributed by atoms with Gasteiger partial charge in [-0.25, -0.2) is 4.79 Å². The van der Waals surface area contributed by atoms with Crippen molar-refractivity contribution in [3.8, 4) is 0 Å². The molecule has 0 saturated carbocycles. The highest BCUT2D eigenvalue weighted by atomic mass is 79.9. The van der Waals surface area contributed by atoms with Crippen LogP contribution in [-0.4, -0.2) is 40.0 Å². The van der Waals surface area contributed by atoms with E-state index in [9.17, 15) is 9.59 Å². The molecule has 20 heavy (non-hydrogen) atoms. The minimum absolute atomic E-state index is 0.0601. The molecule has 2 aromatic rings. The van der Waals surface area contributed by atoms with Crippen molar-refractivity contribution >= 4 is 50.3 Å². The van der Waals surface area contributed by atoms with Gasteiger partial charge in [0, 0.05) is 22.5 Å². The van der Waals surface area contributed by atoms with E-state index < -0.39 is 0 Å². The van der Waals surface area contributed by atoms with Gasteiger partial charge in [0.1, 0.15) is 0 Å². The molecule has 2 heterocycles. The lowest BCUT2D eigenvalue weighted by Crippen LogP contribution is -2.46. The molecule has 1 aromatic carbocycles. The van der Waals surface area contributed by atoms with Crippen LogP contribution in [0.5, 0.6) is 0 Å². The first-order chi connectivity index (χ1) is 9.63. The maximum atomic E-state index is 12.2. The standard InChI is InChI=1S/C12H13BrN4O2S/c13-6-3-8-9(17-12(19)16-8)4-7(6)15-11(18)10-5-20-2-1-14-10/h3-4,10,14H,1-2,5H2,(H,15,18)(H2,16,17,19). The van der Waals surface area contributed by atoms with Crippen LogP contribution in [0.1, 0.15) is 0 Å². The van der Waals surface area contributed by atoms with Gasteiger partial charge in [-0.1, -0.05) is 0 Å². The number of aromatic nitrogens is 2. The zero-order valence-corrected chi connectivity index (χ0v) is 12.9. The molecule has 8 heteroatoms. The smallest absolute Gasteiger partial charge is 0.323 e. The maximum Gasteiger partial charge on any atom is 0.323 e. The second-order valence-electron chi connectivity index (χ2n) is 4.53. The van der Waals surface area contributed by atoms with E-state index in [1.54, 1.807) is 23.9 Å². The van der Waals surface area contributed by atoms with Crippen LogP contribution in [-0.2, 0) is 4.79 Å². The first kappa shape index (κ1) is 13.7. The Labute approximate surface area is 127 Å². The van der Waals surface area contributed by atoms with E-state index in [0.717, 1.165) is 22.5 Å². The zero-order valence-electron chi connectivity index (χ0n) is 10.5. The van der Waals surface area contributed by atoms with Crippen LogP contribution in [0.3, 0.4) is 0 Å². The molecular formula is C12H13BrN4O2S. The van der Waals surface area contributed by atoms with Crippen molar-refractivity contribution in [1.29, 1.82) is 0 Å². The fourth-order valence-electron chi connectivity index (χ4n) is 2.11. The van der Waals surface area contributed by atoms with E-state index in [2.05, 4.69) is 36.5 Å². The normalized spacial score (nSPS) is 19.1. The average Bonchev–Trinajstić information content (AvgIpc) is 2.79. The van der Waals surface area contributed by atoms with Crippen molar-refractivity contribution in [2.45, 2.75) is 6.04 Å². The molecule has 1 saturated heterocycles. The van der Waals surface area contributed by atoms with Gasteiger partial charge in [-0.15, -0.1) is 0 Å². The number of hydrogen-bond donors (Lipinski definition) is 4. The van der Waals surface area contributed by atoms with E-state index in [4.69, 9.17) is 0 Å². The third-order valence-corrected chi connectivity index (χ3v) is 4.82. The molecule has 1 unspecified atom stereocenters. The third kappa shape index (κ3) is 2.77. The first-order valence-electron chi connectivity index (χ1n) is 6.17. The van der Waals surface area contributed by atoms with Gasteiger partial charge >= 0.3 is 5.69 Å². The molecule has 6 nitrogen and oxygen atoms in total. The molecule has 1 atom stereocenters. The minimum atomic E-state index is -0.263. The topological polar surface area (TPSA) is 89.8 Å². The summed E-state index contributed by atoms with van der Waals surface area (Å²) in [6.07, 6.45) is 0. The molecule has 0 aliphatic carbocycles. The summed E-state index contributed by atoms with van der Waals surface area (Å²) in [6.45, 7) is 0.841. The minimum Gasteiger partial charge on any atom is -0.324 e. The number of benzene rings is 1. The van der Waals surface area contributed by atoms with Gasteiger partial charge in [-0.05, 0) is 28.1 Å². The molecule has 3 rings (SSSR count). The summed E-state index contributed by atoms with van der Waals surface area (Å²) < 4.78 is 0.733. The third-order valence-electron chi connectivity index (χ3n) is 3.10. The Kier molecular flexibility index (Phi) is 3.86. The van der Waals surface area contributed by atoms with Crippen molar-refractivity contribution < 1.29 is 4.79 Å². The molecule has 0 radical (unpaired) electrons. The number of carbonyl (C=O) groups is 1. The van der Waals surface area contributed by atoms with Gasteiger partial charge < -0.3 is 20.6 Å². The number of fused-ring (bicyclic) bond motifs is 1. The van der Waals surface area contributed by atoms with Gasteiger partial charge in [-0.3, -0.25) is 4.79 Å². The van der Waals surface area contributed by atoms with Gasteiger partial charge in [0.25, 0.3) is 0 Å². The van der Waals surface area contributed by atoms with Crippen molar-refractivity contribution in [3.63, 3.8) is 0 Å². The van der Waals surface area contributed by atoms with Crippen LogP contribution < -0.4 is 16.3 Å². The number of aromatic amines is 2. The SMILES string of the molecule is O=C(Nc1cc2[nH]c(=O)[nH]c2cc1Br)C1CSCCN1. The van der Waals surface area contributed by atoms with E-state index in [0.29, 0.717) is 16.7 Å². The van der Waals surface area contributed by atoms with E-state index >= 15 is 0 Å². The summed E-state index contributed by atoms with van der Waals surface area (Å²) in [5.74, 6) is 1.74. The quantitative estimate of drug-likeness (QED) is 0.652. The number of carbonyl (C=O) groups excluding carboxylic acids is 1. The Bertz CT molecular complexity index is 705. The highest BCUT2D eigenvalue weighted by Crippen LogP contribution is 2.26. The zero-order chi connectivity index (χ0) is 14.1. The largest absolute Gasteiger partial charge is 0.324 e. The van der Waals surface area contributed by atoms with Crippen molar-refractivity contribution in [2.75, 3.05) is 23.4 Å².